The van der Waals surface area contributed by atoms with Crippen molar-refractivity contribution in [1.29, 1.82) is 0 Å². The van der Waals surface area contributed by atoms with Crippen LogP contribution in [0.15, 0.2) is 36.4 Å². The van der Waals surface area contributed by atoms with Crippen molar-refractivity contribution in [3.63, 3.8) is 0 Å². The van der Waals surface area contributed by atoms with Crippen molar-refractivity contribution >= 4 is 45.8 Å². The second kappa shape index (κ2) is 5.28. The Balaban J connectivity index is 2.39. The number of aryl methyl sites for hydroxylation is 1. The molecule has 0 aliphatic carbocycles. The molecular weight excluding hydrogens is 315 g/mol. The van der Waals surface area contributed by atoms with E-state index in [1.165, 1.54) is 0 Å². The summed E-state index contributed by atoms with van der Waals surface area (Å²) in [7, 11) is 0. The van der Waals surface area contributed by atoms with Gasteiger partial charge in [-0.25, -0.2) is 4.98 Å². The third kappa shape index (κ3) is 2.28. The molecule has 0 bridgehead atoms. The summed E-state index contributed by atoms with van der Waals surface area (Å²) >= 11 is 18.3. The molecule has 2 nitrogen and oxygen atoms in total. The highest BCUT2D eigenvalue weighted by atomic mass is 35.5. The molecule has 0 fully saturated rings. The Morgan fingerprint density at radius 3 is 2.50 bits per heavy atom. The van der Waals surface area contributed by atoms with Crippen molar-refractivity contribution in [1.82, 2.24) is 9.55 Å². The number of rotatable bonds is 2. The lowest BCUT2D eigenvalue weighted by atomic mass is 10.2. The maximum absolute atomic E-state index is 6.12. The van der Waals surface area contributed by atoms with E-state index in [0.29, 0.717) is 15.9 Å². The number of benzene rings is 2. The maximum atomic E-state index is 6.12. The summed E-state index contributed by atoms with van der Waals surface area (Å²) < 4.78 is 2.01. The summed E-state index contributed by atoms with van der Waals surface area (Å²) in [6, 6.07) is 11.4. The number of hydrogen-bond donors (Lipinski definition) is 0. The number of alkyl halides is 1. The van der Waals surface area contributed by atoms with Gasteiger partial charge < -0.3 is 0 Å². The molecule has 0 unspecified atom stereocenters. The first kappa shape index (κ1) is 13.7. The normalized spacial score (nSPS) is 11.2. The van der Waals surface area contributed by atoms with Gasteiger partial charge in [0.05, 0.1) is 22.6 Å². The van der Waals surface area contributed by atoms with E-state index in [9.17, 15) is 0 Å². The van der Waals surface area contributed by atoms with Crippen LogP contribution in [0.4, 0.5) is 0 Å². The molecule has 0 spiro atoms. The van der Waals surface area contributed by atoms with Crippen molar-refractivity contribution in [2.75, 3.05) is 0 Å². The van der Waals surface area contributed by atoms with Crippen LogP contribution < -0.4 is 0 Å². The molecule has 102 valence electrons. The Labute approximate surface area is 131 Å². The van der Waals surface area contributed by atoms with E-state index in [-0.39, 0.29) is 0 Å². The van der Waals surface area contributed by atoms with Gasteiger partial charge in [-0.15, -0.1) is 11.6 Å². The monoisotopic (exact) mass is 324 g/mol. The number of imidazole rings is 1. The van der Waals surface area contributed by atoms with E-state index in [0.717, 1.165) is 28.1 Å². The minimum atomic E-state index is 0.318. The zero-order valence-electron chi connectivity index (χ0n) is 10.7. The van der Waals surface area contributed by atoms with Crippen LogP contribution in [-0.4, -0.2) is 9.55 Å². The quantitative estimate of drug-likeness (QED) is 0.578. The van der Waals surface area contributed by atoms with Crippen molar-refractivity contribution in [2.24, 2.45) is 0 Å². The Hall–Kier alpha value is -1.22. The van der Waals surface area contributed by atoms with Gasteiger partial charge in [0.25, 0.3) is 0 Å². The van der Waals surface area contributed by atoms with Gasteiger partial charge in [-0.2, -0.15) is 0 Å². The van der Waals surface area contributed by atoms with Crippen LogP contribution in [0.5, 0.6) is 0 Å². The summed E-state index contributed by atoms with van der Waals surface area (Å²) in [5, 5.41) is 1.34. The van der Waals surface area contributed by atoms with Gasteiger partial charge in [0.2, 0.25) is 0 Å². The SMILES string of the molecule is Cc1ccc(Cl)cc1-n1c(CCl)nc2ccc(Cl)cc21. The number of nitrogens with zero attached hydrogens (tertiary/aromatic N) is 2. The average Bonchev–Trinajstić information content (AvgIpc) is 2.79. The van der Waals surface area contributed by atoms with Crippen LogP contribution >= 0.6 is 34.8 Å². The molecule has 3 aromatic rings. The predicted molar refractivity (Wildman–Crippen MR) is 85.4 cm³/mol. The molecule has 0 saturated heterocycles. The largest absolute Gasteiger partial charge is 0.295 e. The van der Waals surface area contributed by atoms with E-state index >= 15 is 0 Å². The molecule has 0 amide bonds. The zero-order chi connectivity index (χ0) is 14.3. The van der Waals surface area contributed by atoms with Crippen LogP contribution in [0.25, 0.3) is 16.7 Å². The highest BCUT2D eigenvalue weighted by molar-refractivity contribution is 6.31. The molecule has 20 heavy (non-hydrogen) atoms. The summed E-state index contributed by atoms with van der Waals surface area (Å²) in [4.78, 5) is 4.55. The van der Waals surface area contributed by atoms with Crippen molar-refractivity contribution < 1.29 is 0 Å². The molecule has 0 atom stereocenters. The predicted octanol–water partition coefficient (Wildman–Crippen LogP) is 5.38. The van der Waals surface area contributed by atoms with E-state index in [1.807, 2.05) is 47.9 Å². The van der Waals surface area contributed by atoms with Crippen LogP contribution in [0.3, 0.4) is 0 Å². The lowest BCUT2D eigenvalue weighted by molar-refractivity contribution is 0.972. The lowest BCUT2D eigenvalue weighted by Gasteiger charge is -2.11. The lowest BCUT2D eigenvalue weighted by Crippen LogP contribution is -2.01. The topological polar surface area (TPSA) is 17.8 Å². The molecule has 0 saturated carbocycles. The van der Waals surface area contributed by atoms with Crippen molar-refractivity contribution in [3.05, 3.63) is 57.8 Å². The molecule has 2 aromatic carbocycles. The van der Waals surface area contributed by atoms with Gasteiger partial charge in [0.15, 0.2) is 0 Å². The molecule has 5 heteroatoms. The zero-order valence-corrected chi connectivity index (χ0v) is 13.0. The van der Waals surface area contributed by atoms with E-state index in [2.05, 4.69) is 4.98 Å². The van der Waals surface area contributed by atoms with Crippen molar-refractivity contribution in [3.8, 4) is 5.69 Å². The standard InChI is InChI=1S/C15H11Cl3N2/c1-9-2-3-10(17)6-13(9)20-14-7-11(18)4-5-12(14)19-15(20)8-16/h2-7H,8H2,1H3. The van der Waals surface area contributed by atoms with Gasteiger partial charge in [-0.3, -0.25) is 4.57 Å². The fraction of sp³-hybridized carbons (Fsp3) is 0.133. The first-order valence-electron chi connectivity index (χ1n) is 6.09. The van der Waals surface area contributed by atoms with Crippen molar-refractivity contribution in [2.45, 2.75) is 12.8 Å². The minimum absolute atomic E-state index is 0.318. The van der Waals surface area contributed by atoms with Gasteiger partial charge in [0, 0.05) is 10.0 Å². The molecule has 0 aliphatic heterocycles. The summed E-state index contributed by atoms with van der Waals surface area (Å²) in [5.74, 6) is 1.09. The summed E-state index contributed by atoms with van der Waals surface area (Å²) in [5.41, 5.74) is 3.86. The van der Waals surface area contributed by atoms with E-state index in [4.69, 9.17) is 34.8 Å². The average molecular weight is 326 g/mol. The van der Waals surface area contributed by atoms with E-state index < -0.39 is 0 Å². The van der Waals surface area contributed by atoms with Crippen LogP contribution in [0, 0.1) is 6.92 Å². The van der Waals surface area contributed by atoms with Crippen LogP contribution in [0.2, 0.25) is 10.0 Å². The second-order valence-electron chi connectivity index (χ2n) is 4.56. The van der Waals surface area contributed by atoms with Crippen LogP contribution in [0.1, 0.15) is 11.4 Å². The van der Waals surface area contributed by atoms with Gasteiger partial charge in [-0.1, -0.05) is 29.3 Å². The van der Waals surface area contributed by atoms with Gasteiger partial charge >= 0.3 is 0 Å². The molecule has 0 aliphatic rings. The highest BCUT2D eigenvalue weighted by Gasteiger charge is 2.14. The highest BCUT2D eigenvalue weighted by Crippen LogP contribution is 2.28. The number of hydrogen-bond acceptors (Lipinski definition) is 1. The van der Waals surface area contributed by atoms with E-state index in [1.54, 1.807) is 0 Å². The number of aromatic nitrogens is 2. The number of halogens is 3. The first-order valence-corrected chi connectivity index (χ1v) is 7.38. The maximum Gasteiger partial charge on any atom is 0.129 e. The molecule has 1 heterocycles. The molecule has 0 N–H and O–H groups in total. The Morgan fingerprint density at radius 2 is 1.75 bits per heavy atom. The second-order valence-corrected chi connectivity index (χ2v) is 5.70. The summed E-state index contributed by atoms with van der Waals surface area (Å²) in [6.45, 7) is 2.03. The smallest absolute Gasteiger partial charge is 0.129 e. The molecule has 3 rings (SSSR count). The fourth-order valence-electron chi connectivity index (χ4n) is 2.28. The molecule has 0 radical (unpaired) electrons. The van der Waals surface area contributed by atoms with Gasteiger partial charge in [-0.05, 0) is 42.8 Å². The Bertz CT molecular complexity index is 793. The molecule has 1 aromatic heterocycles. The molecular formula is C15H11Cl3N2. The van der Waals surface area contributed by atoms with Gasteiger partial charge in [0.1, 0.15) is 5.82 Å². The Kier molecular flexibility index (Phi) is 3.63. The first-order chi connectivity index (χ1) is 9.60. The Morgan fingerprint density at radius 1 is 1.05 bits per heavy atom. The summed E-state index contributed by atoms with van der Waals surface area (Å²) in [6.07, 6.45) is 0. The third-order valence-corrected chi connectivity index (χ3v) is 3.93. The fourth-order valence-corrected chi connectivity index (χ4v) is 2.79. The van der Waals surface area contributed by atoms with Crippen LogP contribution in [-0.2, 0) is 5.88 Å². The minimum Gasteiger partial charge on any atom is -0.295 e. The number of fused-ring (bicyclic) bond motifs is 1. The third-order valence-electron chi connectivity index (χ3n) is 3.22.